The highest BCUT2D eigenvalue weighted by molar-refractivity contribution is 5.27. The second-order valence-corrected chi connectivity index (χ2v) is 5.93. The monoisotopic (exact) mass is 257 g/mol. The van der Waals surface area contributed by atoms with Crippen LogP contribution in [0.3, 0.4) is 0 Å². The van der Waals surface area contributed by atoms with Crippen LogP contribution >= 0.6 is 0 Å². The molecule has 1 saturated carbocycles. The van der Waals surface area contributed by atoms with Crippen LogP contribution in [-0.2, 0) is 0 Å². The van der Waals surface area contributed by atoms with E-state index in [2.05, 4.69) is 36.3 Å². The smallest absolute Gasteiger partial charge is 0.0426 e. The van der Waals surface area contributed by atoms with E-state index >= 15 is 0 Å². The summed E-state index contributed by atoms with van der Waals surface area (Å²) in [5, 5.41) is 0. The molecule has 2 aliphatic rings. The molecule has 0 unspecified atom stereocenters. The zero-order valence-electron chi connectivity index (χ0n) is 12.3. The number of rotatable bonds is 4. The molecule has 1 spiro atoms. The van der Waals surface area contributed by atoms with Gasteiger partial charge in [-0.2, -0.15) is 0 Å². The van der Waals surface area contributed by atoms with Crippen LogP contribution in [0.5, 0.6) is 0 Å². The van der Waals surface area contributed by atoms with Crippen LogP contribution in [0.2, 0.25) is 0 Å². The predicted molar refractivity (Wildman–Crippen MR) is 83.9 cm³/mol. The molecule has 0 atom stereocenters. The summed E-state index contributed by atoms with van der Waals surface area (Å²) in [6.45, 7) is 12.5. The number of hydrogen-bond acceptors (Lipinski definition) is 1. The molecule has 0 bridgehead atoms. The Labute approximate surface area is 118 Å². The minimum absolute atomic E-state index is 0.436. The van der Waals surface area contributed by atoms with Gasteiger partial charge in [0.25, 0.3) is 0 Å². The lowest BCUT2D eigenvalue weighted by molar-refractivity contribution is 0.242. The van der Waals surface area contributed by atoms with Crippen molar-refractivity contribution in [2.75, 3.05) is 13.1 Å². The van der Waals surface area contributed by atoms with Gasteiger partial charge in [-0.3, -0.25) is 0 Å². The van der Waals surface area contributed by atoms with Gasteiger partial charge >= 0.3 is 0 Å². The molecule has 19 heavy (non-hydrogen) atoms. The SMILES string of the molecule is C=C/C(=C\C=C/C)CN1CCC2(CCCCC2)C1=C. The fourth-order valence-electron chi connectivity index (χ4n) is 3.53. The Morgan fingerprint density at radius 1 is 1.26 bits per heavy atom. The van der Waals surface area contributed by atoms with Crippen molar-refractivity contribution >= 4 is 0 Å². The normalized spacial score (nSPS) is 23.5. The zero-order valence-corrected chi connectivity index (χ0v) is 12.3. The van der Waals surface area contributed by atoms with Crippen molar-refractivity contribution in [2.24, 2.45) is 5.41 Å². The van der Waals surface area contributed by atoms with E-state index < -0.39 is 0 Å². The lowest BCUT2D eigenvalue weighted by atomic mass is 9.72. The lowest BCUT2D eigenvalue weighted by Crippen LogP contribution is -2.27. The van der Waals surface area contributed by atoms with Gasteiger partial charge in [0.2, 0.25) is 0 Å². The fourth-order valence-corrected chi connectivity index (χ4v) is 3.53. The summed E-state index contributed by atoms with van der Waals surface area (Å²) in [5.41, 5.74) is 3.11. The second kappa shape index (κ2) is 6.27. The van der Waals surface area contributed by atoms with E-state index in [1.807, 2.05) is 13.0 Å². The van der Waals surface area contributed by atoms with Crippen LogP contribution < -0.4 is 0 Å². The Morgan fingerprint density at radius 2 is 2.00 bits per heavy atom. The van der Waals surface area contributed by atoms with E-state index in [4.69, 9.17) is 0 Å². The molecule has 1 heterocycles. The molecule has 2 rings (SSSR count). The van der Waals surface area contributed by atoms with Gasteiger partial charge in [0.1, 0.15) is 0 Å². The largest absolute Gasteiger partial charge is 0.370 e. The van der Waals surface area contributed by atoms with Gasteiger partial charge in [0.15, 0.2) is 0 Å². The van der Waals surface area contributed by atoms with Gasteiger partial charge in [-0.05, 0) is 31.8 Å². The van der Waals surface area contributed by atoms with E-state index in [1.54, 1.807) is 0 Å². The van der Waals surface area contributed by atoms with Gasteiger partial charge in [0, 0.05) is 24.2 Å². The van der Waals surface area contributed by atoms with Crippen LogP contribution in [-0.4, -0.2) is 18.0 Å². The minimum atomic E-state index is 0.436. The summed E-state index contributed by atoms with van der Waals surface area (Å²) >= 11 is 0. The van der Waals surface area contributed by atoms with Crippen molar-refractivity contribution in [3.05, 3.63) is 48.7 Å². The maximum atomic E-state index is 4.43. The molecule has 1 saturated heterocycles. The molecule has 0 N–H and O–H groups in total. The first-order valence-corrected chi connectivity index (χ1v) is 7.60. The highest BCUT2D eigenvalue weighted by Crippen LogP contribution is 2.49. The quantitative estimate of drug-likeness (QED) is 0.651. The molecule has 0 aromatic rings. The third-order valence-electron chi connectivity index (χ3n) is 4.80. The molecule has 1 aliphatic heterocycles. The highest BCUT2D eigenvalue weighted by atomic mass is 15.2. The molecule has 0 radical (unpaired) electrons. The third-order valence-corrected chi connectivity index (χ3v) is 4.80. The standard InChI is InChI=1S/C18H27N/c1-4-6-10-17(5-2)15-19-14-13-18(16(19)3)11-8-7-9-12-18/h4-6,10H,2-3,7-9,11-15H2,1H3/b6-4-,17-10+. The van der Waals surface area contributed by atoms with Crippen LogP contribution in [0.15, 0.2) is 48.7 Å². The van der Waals surface area contributed by atoms with E-state index in [0.29, 0.717) is 5.41 Å². The molecule has 1 heteroatoms. The first-order valence-electron chi connectivity index (χ1n) is 7.60. The Morgan fingerprint density at radius 3 is 2.63 bits per heavy atom. The van der Waals surface area contributed by atoms with Gasteiger partial charge in [-0.15, -0.1) is 0 Å². The maximum absolute atomic E-state index is 4.43. The van der Waals surface area contributed by atoms with Gasteiger partial charge < -0.3 is 4.90 Å². The molecular weight excluding hydrogens is 230 g/mol. The molecule has 1 aliphatic carbocycles. The molecule has 1 nitrogen and oxygen atoms in total. The van der Waals surface area contributed by atoms with Gasteiger partial charge in [-0.25, -0.2) is 0 Å². The Hall–Kier alpha value is -1.24. The van der Waals surface area contributed by atoms with Gasteiger partial charge in [-0.1, -0.05) is 56.7 Å². The summed E-state index contributed by atoms with van der Waals surface area (Å²) in [7, 11) is 0. The highest BCUT2D eigenvalue weighted by Gasteiger charge is 2.41. The van der Waals surface area contributed by atoms with Crippen molar-refractivity contribution < 1.29 is 0 Å². The second-order valence-electron chi connectivity index (χ2n) is 5.93. The summed E-state index contributed by atoms with van der Waals surface area (Å²) in [6.07, 6.45) is 16.5. The number of hydrogen-bond donors (Lipinski definition) is 0. The summed E-state index contributed by atoms with van der Waals surface area (Å²) in [6, 6.07) is 0. The first-order chi connectivity index (χ1) is 9.22. The molecular formula is C18H27N. The zero-order chi connectivity index (χ0) is 13.7. The van der Waals surface area contributed by atoms with E-state index in [1.165, 1.54) is 56.3 Å². The third kappa shape index (κ3) is 3.02. The predicted octanol–water partition coefficient (Wildman–Crippen LogP) is 4.84. The summed E-state index contributed by atoms with van der Waals surface area (Å²) in [5.74, 6) is 0. The molecule has 0 aromatic carbocycles. The summed E-state index contributed by atoms with van der Waals surface area (Å²) in [4.78, 5) is 2.47. The van der Waals surface area contributed by atoms with Crippen LogP contribution in [0.1, 0.15) is 45.4 Å². The number of likely N-dealkylation sites (tertiary alicyclic amines) is 1. The maximum Gasteiger partial charge on any atom is 0.0426 e. The Kier molecular flexibility index (Phi) is 4.68. The molecule has 104 valence electrons. The molecule has 0 amide bonds. The van der Waals surface area contributed by atoms with Gasteiger partial charge in [0.05, 0.1) is 0 Å². The van der Waals surface area contributed by atoms with Crippen molar-refractivity contribution in [2.45, 2.75) is 45.4 Å². The van der Waals surface area contributed by atoms with Crippen molar-refractivity contribution in [1.29, 1.82) is 0 Å². The minimum Gasteiger partial charge on any atom is -0.370 e. The Bertz CT molecular complexity index is 394. The van der Waals surface area contributed by atoms with Crippen molar-refractivity contribution in [3.63, 3.8) is 0 Å². The van der Waals surface area contributed by atoms with E-state index in [-0.39, 0.29) is 0 Å². The lowest BCUT2D eigenvalue weighted by Gasteiger charge is -2.35. The fraction of sp³-hybridized carbons (Fsp3) is 0.556. The number of allylic oxidation sites excluding steroid dienone is 4. The van der Waals surface area contributed by atoms with Crippen LogP contribution in [0, 0.1) is 5.41 Å². The Balaban J connectivity index is 2.03. The number of nitrogens with zero attached hydrogens (tertiary/aromatic N) is 1. The first kappa shape index (κ1) is 14.2. The van der Waals surface area contributed by atoms with E-state index in [9.17, 15) is 0 Å². The average molecular weight is 257 g/mol. The topological polar surface area (TPSA) is 3.24 Å². The average Bonchev–Trinajstić information content (AvgIpc) is 2.73. The van der Waals surface area contributed by atoms with Crippen molar-refractivity contribution in [3.8, 4) is 0 Å². The summed E-state index contributed by atoms with van der Waals surface area (Å²) < 4.78 is 0. The molecule has 0 aromatic heterocycles. The van der Waals surface area contributed by atoms with E-state index in [0.717, 1.165) is 6.54 Å². The van der Waals surface area contributed by atoms with Crippen molar-refractivity contribution in [1.82, 2.24) is 4.90 Å². The molecule has 2 fully saturated rings. The van der Waals surface area contributed by atoms with Crippen LogP contribution in [0.25, 0.3) is 0 Å². The van der Waals surface area contributed by atoms with Crippen LogP contribution in [0.4, 0.5) is 0 Å².